The first-order valence-corrected chi connectivity index (χ1v) is 9.30. The molecule has 0 fully saturated rings. The highest BCUT2D eigenvalue weighted by atomic mass is 16.4. The van der Waals surface area contributed by atoms with Gasteiger partial charge in [-0.25, -0.2) is 4.79 Å². The van der Waals surface area contributed by atoms with E-state index in [1.54, 1.807) is 18.5 Å². The number of aromatic carboxylic acids is 1. The van der Waals surface area contributed by atoms with Gasteiger partial charge in [0.2, 0.25) is 0 Å². The summed E-state index contributed by atoms with van der Waals surface area (Å²) in [5, 5.41) is 27.3. The van der Waals surface area contributed by atoms with Gasteiger partial charge in [0.15, 0.2) is 0 Å². The summed E-state index contributed by atoms with van der Waals surface area (Å²) >= 11 is 0. The molecule has 5 rings (SSSR count). The number of fused-ring (bicyclic) bond motifs is 3. The molecule has 0 unspecified atom stereocenters. The molecule has 2 aromatic carbocycles. The van der Waals surface area contributed by atoms with Crippen LogP contribution >= 0.6 is 0 Å². The van der Waals surface area contributed by atoms with Gasteiger partial charge in [0.25, 0.3) is 0 Å². The van der Waals surface area contributed by atoms with E-state index in [4.69, 9.17) is 0 Å². The smallest absolute Gasteiger partial charge is 0.339 e. The monoisotopic (exact) mass is 383 g/mol. The van der Waals surface area contributed by atoms with Gasteiger partial charge in [-0.1, -0.05) is 24.3 Å². The van der Waals surface area contributed by atoms with Crippen molar-refractivity contribution in [1.82, 2.24) is 14.8 Å². The van der Waals surface area contributed by atoms with E-state index in [2.05, 4.69) is 33.0 Å². The Labute approximate surface area is 166 Å². The molecule has 0 saturated heterocycles. The molecule has 2 aromatic heterocycles. The van der Waals surface area contributed by atoms with Crippen molar-refractivity contribution in [2.24, 2.45) is 0 Å². The molecular formula is C23H17N3O3. The fraction of sp³-hybridized carbons (Fsp3) is 0.0870. The van der Waals surface area contributed by atoms with Gasteiger partial charge in [-0.3, -0.25) is 0 Å². The van der Waals surface area contributed by atoms with Gasteiger partial charge in [-0.2, -0.15) is 10.2 Å². The normalized spacial score (nSPS) is 12.3. The molecule has 0 aliphatic heterocycles. The Bertz CT molecular complexity index is 1250. The number of rotatable bonds is 3. The summed E-state index contributed by atoms with van der Waals surface area (Å²) in [4.78, 5) is 11.6. The number of hydrogen-bond acceptors (Lipinski definition) is 4. The standard InChI is InChI=1S/C23H17N3O3/c27-22-8-6-16(11-19(22)23(28)29)26-20-7-5-14-3-1-2-4-17(14)18(20)12-21(26)15-9-10-24-25-13-15/h1-4,6,8-13,27H,5,7H2,(H,28,29). The Morgan fingerprint density at radius 2 is 1.83 bits per heavy atom. The quantitative estimate of drug-likeness (QED) is 0.556. The molecule has 0 bridgehead atoms. The van der Waals surface area contributed by atoms with E-state index in [9.17, 15) is 15.0 Å². The predicted molar refractivity (Wildman–Crippen MR) is 108 cm³/mol. The molecule has 142 valence electrons. The number of hydrogen-bond donors (Lipinski definition) is 2. The minimum atomic E-state index is -1.16. The number of phenols is 1. The third-order valence-electron chi connectivity index (χ3n) is 5.39. The second-order valence-electron chi connectivity index (χ2n) is 7.02. The highest BCUT2D eigenvalue weighted by molar-refractivity contribution is 5.91. The maximum absolute atomic E-state index is 11.6. The average Bonchev–Trinajstić information content (AvgIpc) is 3.15. The van der Waals surface area contributed by atoms with Crippen LogP contribution in [0.5, 0.6) is 5.75 Å². The summed E-state index contributed by atoms with van der Waals surface area (Å²) in [5.41, 5.74) is 7.08. The van der Waals surface area contributed by atoms with E-state index in [0.29, 0.717) is 5.69 Å². The lowest BCUT2D eigenvalue weighted by Crippen LogP contribution is -2.09. The summed E-state index contributed by atoms with van der Waals surface area (Å²) in [5.74, 6) is -1.41. The van der Waals surface area contributed by atoms with Crippen LogP contribution in [0.4, 0.5) is 0 Å². The molecule has 29 heavy (non-hydrogen) atoms. The largest absolute Gasteiger partial charge is 0.507 e. The van der Waals surface area contributed by atoms with Gasteiger partial charge < -0.3 is 14.8 Å². The minimum Gasteiger partial charge on any atom is -0.507 e. The topological polar surface area (TPSA) is 88.2 Å². The molecule has 6 heteroatoms. The zero-order chi connectivity index (χ0) is 20.0. The first kappa shape index (κ1) is 17.2. The second kappa shape index (κ2) is 6.60. The van der Waals surface area contributed by atoms with Crippen LogP contribution in [0.2, 0.25) is 0 Å². The molecule has 6 nitrogen and oxygen atoms in total. The van der Waals surface area contributed by atoms with Crippen LogP contribution in [-0.4, -0.2) is 30.9 Å². The Morgan fingerprint density at radius 3 is 2.62 bits per heavy atom. The van der Waals surface area contributed by atoms with Crippen LogP contribution in [0.15, 0.2) is 67.0 Å². The van der Waals surface area contributed by atoms with Crippen molar-refractivity contribution in [1.29, 1.82) is 0 Å². The molecule has 0 radical (unpaired) electrons. The summed E-state index contributed by atoms with van der Waals surface area (Å²) in [6.45, 7) is 0. The average molecular weight is 383 g/mol. The third kappa shape index (κ3) is 2.77. The Balaban J connectivity index is 1.81. The van der Waals surface area contributed by atoms with Gasteiger partial charge in [0.05, 0.1) is 18.1 Å². The first-order chi connectivity index (χ1) is 14.1. The molecule has 0 atom stereocenters. The van der Waals surface area contributed by atoms with E-state index in [1.807, 2.05) is 18.2 Å². The summed E-state index contributed by atoms with van der Waals surface area (Å²) in [7, 11) is 0. The number of nitrogens with zero attached hydrogens (tertiary/aromatic N) is 3. The molecule has 4 aromatic rings. The molecule has 1 aliphatic carbocycles. The van der Waals surface area contributed by atoms with Gasteiger partial charge in [0, 0.05) is 22.5 Å². The Kier molecular flexibility index (Phi) is 3.91. The van der Waals surface area contributed by atoms with E-state index in [0.717, 1.165) is 35.4 Å². The lowest BCUT2D eigenvalue weighted by molar-refractivity contribution is 0.0693. The van der Waals surface area contributed by atoms with Crippen molar-refractivity contribution in [3.05, 3.63) is 83.8 Å². The number of aryl methyl sites for hydroxylation is 1. The van der Waals surface area contributed by atoms with Gasteiger partial charge in [-0.05, 0) is 54.3 Å². The Morgan fingerprint density at radius 1 is 0.966 bits per heavy atom. The van der Waals surface area contributed by atoms with Crippen LogP contribution in [0.25, 0.3) is 28.1 Å². The molecule has 0 spiro atoms. The van der Waals surface area contributed by atoms with E-state index >= 15 is 0 Å². The second-order valence-corrected chi connectivity index (χ2v) is 7.02. The van der Waals surface area contributed by atoms with Crippen molar-refractivity contribution < 1.29 is 15.0 Å². The van der Waals surface area contributed by atoms with Crippen molar-refractivity contribution in [2.45, 2.75) is 12.8 Å². The van der Waals surface area contributed by atoms with Gasteiger partial charge in [-0.15, -0.1) is 0 Å². The number of carboxylic acids is 1. The lowest BCUT2D eigenvalue weighted by Gasteiger charge is -2.20. The van der Waals surface area contributed by atoms with Crippen LogP contribution in [0.3, 0.4) is 0 Å². The fourth-order valence-electron chi connectivity index (χ4n) is 4.07. The van der Waals surface area contributed by atoms with E-state index in [1.165, 1.54) is 23.3 Å². The number of aromatic nitrogens is 3. The molecule has 1 aliphatic rings. The highest BCUT2D eigenvalue weighted by Crippen LogP contribution is 2.40. The third-order valence-corrected chi connectivity index (χ3v) is 5.39. The summed E-state index contributed by atoms with van der Waals surface area (Å²) in [6.07, 6.45) is 5.07. The minimum absolute atomic E-state index is 0.125. The first-order valence-electron chi connectivity index (χ1n) is 9.30. The number of benzene rings is 2. The van der Waals surface area contributed by atoms with Crippen molar-refractivity contribution in [2.75, 3.05) is 0 Å². The number of carbonyl (C=O) groups is 1. The summed E-state index contributed by atoms with van der Waals surface area (Å²) in [6, 6.07) is 17.0. The van der Waals surface area contributed by atoms with Crippen LogP contribution in [0, 0.1) is 0 Å². The number of carboxylic acid groups (broad SMARTS) is 1. The predicted octanol–water partition coefficient (Wildman–Crippen LogP) is 4.10. The van der Waals surface area contributed by atoms with E-state index < -0.39 is 5.97 Å². The van der Waals surface area contributed by atoms with Crippen molar-refractivity contribution in [3.63, 3.8) is 0 Å². The van der Waals surface area contributed by atoms with Gasteiger partial charge >= 0.3 is 5.97 Å². The van der Waals surface area contributed by atoms with Gasteiger partial charge in [0.1, 0.15) is 11.3 Å². The molecular weight excluding hydrogens is 366 g/mol. The van der Waals surface area contributed by atoms with Crippen molar-refractivity contribution in [3.8, 4) is 33.8 Å². The molecule has 2 heterocycles. The maximum atomic E-state index is 11.6. The highest BCUT2D eigenvalue weighted by Gasteiger charge is 2.24. The lowest BCUT2D eigenvalue weighted by atomic mass is 9.90. The summed E-state index contributed by atoms with van der Waals surface area (Å²) < 4.78 is 2.06. The van der Waals surface area contributed by atoms with E-state index in [-0.39, 0.29) is 11.3 Å². The van der Waals surface area contributed by atoms with Crippen LogP contribution in [-0.2, 0) is 12.8 Å². The van der Waals surface area contributed by atoms with Crippen LogP contribution in [0.1, 0.15) is 21.6 Å². The zero-order valence-corrected chi connectivity index (χ0v) is 15.4. The molecule has 0 amide bonds. The fourth-order valence-corrected chi connectivity index (χ4v) is 4.07. The Hall–Kier alpha value is -3.93. The maximum Gasteiger partial charge on any atom is 0.339 e. The molecule has 0 saturated carbocycles. The van der Waals surface area contributed by atoms with Crippen LogP contribution < -0.4 is 0 Å². The zero-order valence-electron chi connectivity index (χ0n) is 15.4. The van der Waals surface area contributed by atoms with Crippen molar-refractivity contribution >= 4 is 5.97 Å². The number of aromatic hydroxyl groups is 1. The molecule has 2 N–H and O–H groups in total. The SMILES string of the molecule is O=C(O)c1cc(-n2c(-c3ccnnc3)cc3c2CCc2ccccc2-3)ccc1O.